The molecular weight excluding hydrogens is 258 g/mol. The molecule has 0 unspecified atom stereocenters. The smallest absolute Gasteiger partial charge is 0.318 e. The molecule has 0 atom stereocenters. The summed E-state index contributed by atoms with van der Waals surface area (Å²) in [6, 6.07) is -0.608. The number of carbonyl (C=O) groups is 1. The van der Waals surface area contributed by atoms with Crippen LogP contribution in [0.1, 0.15) is 13.8 Å². The zero-order chi connectivity index (χ0) is 13.1. The van der Waals surface area contributed by atoms with Crippen molar-refractivity contribution in [3.05, 3.63) is 0 Å². The van der Waals surface area contributed by atoms with Gasteiger partial charge in [-0.3, -0.25) is 4.79 Å². The monoisotopic (exact) mass is 273 g/mol. The molecule has 0 aromatic heterocycles. The van der Waals surface area contributed by atoms with E-state index in [-0.39, 0.29) is 0 Å². The summed E-state index contributed by atoms with van der Waals surface area (Å²) < 4.78 is 45.7. The standard InChI is InChI=1S/C7H15NO6S2/c1-6(2)8(4-7(9)10)16(13,14)5-15(3,11)12/h6H,4-5H2,1-3H3,(H,9,10). The normalized spacial score (nSPS) is 13.3. The lowest BCUT2D eigenvalue weighted by Gasteiger charge is -2.23. The fraction of sp³-hybridized carbons (Fsp3) is 0.857. The molecular formula is C7H15NO6S2. The molecule has 0 amide bonds. The number of hydrogen-bond acceptors (Lipinski definition) is 5. The van der Waals surface area contributed by atoms with Gasteiger partial charge in [0.1, 0.15) is 6.54 Å². The first-order valence-electron chi connectivity index (χ1n) is 4.35. The molecule has 7 nitrogen and oxygen atoms in total. The second kappa shape index (κ2) is 5.11. The van der Waals surface area contributed by atoms with Crippen molar-refractivity contribution in [3.63, 3.8) is 0 Å². The summed E-state index contributed by atoms with van der Waals surface area (Å²) in [5.41, 5.74) is 0. The van der Waals surface area contributed by atoms with Gasteiger partial charge in [0.25, 0.3) is 0 Å². The summed E-state index contributed by atoms with van der Waals surface area (Å²) in [6.07, 6.45) is 0.782. The third kappa shape index (κ3) is 5.42. The zero-order valence-electron chi connectivity index (χ0n) is 9.24. The molecule has 0 fully saturated rings. The van der Waals surface area contributed by atoms with E-state index in [1.54, 1.807) is 0 Å². The molecule has 0 aromatic rings. The second-order valence-electron chi connectivity index (χ2n) is 3.69. The summed E-state index contributed by atoms with van der Waals surface area (Å²) >= 11 is 0. The van der Waals surface area contributed by atoms with E-state index < -0.39 is 43.5 Å². The van der Waals surface area contributed by atoms with Gasteiger partial charge in [-0.1, -0.05) is 0 Å². The van der Waals surface area contributed by atoms with Gasteiger partial charge in [0.15, 0.2) is 14.9 Å². The fourth-order valence-electron chi connectivity index (χ4n) is 1.07. The SMILES string of the molecule is CC(C)N(CC(=O)O)S(=O)(=O)CS(C)(=O)=O. The molecule has 0 aliphatic carbocycles. The largest absolute Gasteiger partial charge is 0.480 e. The molecule has 0 saturated carbocycles. The van der Waals surface area contributed by atoms with Crippen LogP contribution in [-0.2, 0) is 24.7 Å². The van der Waals surface area contributed by atoms with Gasteiger partial charge in [0.2, 0.25) is 10.0 Å². The fourth-order valence-corrected chi connectivity index (χ4v) is 4.73. The lowest BCUT2D eigenvalue weighted by Crippen LogP contribution is -2.43. The summed E-state index contributed by atoms with van der Waals surface area (Å²) in [7, 11) is -7.83. The Bertz CT molecular complexity index is 449. The first-order chi connectivity index (χ1) is 6.96. The Balaban J connectivity index is 5.14. The van der Waals surface area contributed by atoms with E-state index in [1.165, 1.54) is 13.8 Å². The van der Waals surface area contributed by atoms with Crippen molar-refractivity contribution in [2.75, 3.05) is 17.9 Å². The maximum Gasteiger partial charge on any atom is 0.318 e. The van der Waals surface area contributed by atoms with E-state index in [0.29, 0.717) is 4.31 Å². The number of rotatable bonds is 6. The van der Waals surface area contributed by atoms with Crippen molar-refractivity contribution in [1.82, 2.24) is 4.31 Å². The zero-order valence-corrected chi connectivity index (χ0v) is 10.9. The first-order valence-corrected chi connectivity index (χ1v) is 8.01. The Morgan fingerprint density at radius 3 is 1.94 bits per heavy atom. The summed E-state index contributed by atoms with van der Waals surface area (Å²) in [5.74, 6) is -1.33. The molecule has 96 valence electrons. The molecule has 0 aliphatic heterocycles. The van der Waals surface area contributed by atoms with Gasteiger partial charge in [-0.15, -0.1) is 0 Å². The van der Waals surface area contributed by atoms with E-state index in [9.17, 15) is 21.6 Å². The van der Waals surface area contributed by atoms with E-state index in [0.717, 1.165) is 6.26 Å². The Hall–Kier alpha value is -0.670. The van der Waals surface area contributed by atoms with E-state index >= 15 is 0 Å². The number of carboxylic acids is 1. The lowest BCUT2D eigenvalue weighted by molar-refractivity contribution is -0.137. The van der Waals surface area contributed by atoms with Crippen molar-refractivity contribution in [3.8, 4) is 0 Å². The Morgan fingerprint density at radius 2 is 1.69 bits per heavy atom. The molecule has 0 rings (SSSR count). The maximum atomic E-state index is 11.6. The minimum atomic E-state index is -4.11. The first kappa shape index (κ1) is 15.3. The number of nitrogens with zero attached hydrogens (tertiary/aromatic N) is 1. The second-order valence-corrected chi connectivity index (χ2v) is 8.12. The van der Waals surface area contributed by atoms with E-state index in [2.05, 4.69) is 0 Å². The van der Waals surface area contributed by atoms with Crippen LogP contribution in [0.3, 0.4) is 0 Å². The molecule has 0 bridgehead atoms. The average Bonchev–Trinajstić information content (AvgIpc) is 1.93. The third-order valence-corrected chi connectivity index (χ3v) is 5.76. The maximum absolute atomic E-state index is 11.6. The van der Waals surface area contributed by atoms with Crippen LogP contribution in [0.5, 0.6) is 0 Å². The highest BCUT2D eigenvalue weighted by Crippen LogP contribution is 2.09. The summed E-state index contributed by atoms with van der Waals surface area (Å²) in [5, 5.41) is 7.46. The van der Waals surface area contributed by atoms with Gasteiger partial charge in [0, 0.05) is 12.3 Å². The molecule has 0 saturated heterocycles. The quantitative estimate of drug-likeness (QED) is 0.672. The average molecular weight is 273 g/mol. The van der Waals surface area contributed by atoms with Crippen LogP contribution >= 0.6 is 0 Å². The van der Waals surface area contributed by atoms with E-state index in [4.69, 9.17) is 5.11 Å². The van der Waals surface area contributed by atoms with Crippen molar-refractivity contribution < 1.29 is 26.7 Å². The molecule has 0 spiro atoms. The summed E-state index contributed by atoms with van der Waals surface area (Å²) in [6.45, 7) is 2.21. The van der Waals surface area contributed by atoms with Gasteiger partial charge >= 0.3 is 5.97 Å². The highest BCUT2D eigenvalue weighted by atomic mass is 32.3. The number of sulfone groups is 1. The topological polar surface area (TPSA) is 109 Å². The molecule has 9 heteroatoms. The van der Waals surface area contributed by atoms with Crippen molar-refractivity contribution in [2.45, 2.75) is 19.9 Å². The predicted octanol–water partition coefficient (Wildman–Crippen LogP) is -0.887. The highest BCUT2D eigenvalue weighted by molar-refractivity contribution is 8.06. The lowest BCUT2D eigenvalue weighted by atomic mass is 10.4. The molecule has 0 heterocycles. The van der Waals surface area contributed by atoms with Gasteiger partial charge < -0.3 is 5.11 Å². The minimum absolute atomic E-state index is 0.608. The predicted molar refractivity (Wildman–Crippen MR) is 58.1 cm³/mol. The van der Waals surface area contributed by atoms with Crippen LogP contribution in [0.25, 0.3) is 0 Å². The molecule has 0 radical (unpaired) electrons. The van der Waals surface area contributed by atoms with Crippen molar-refractivity contribution in [2.24, 2.45) is 0 Å². The van der Waals surface area contributed by atoms with Crippen LogP contribution in [0.4, 0.5) is 0 Å². The van der Waals surface area contributed by atoms with Gasteiger partial charge in [0.05, 0.1) is 0 Å². The van der Waals surface area contributed by atoms with Gasteiger partial charge in [-0.25, -0.2) is 16.8 Å². The van der Waals surface area contributed by atoms with E-state index in [1.807, 2.05) is 0 Å². The van der Waals surface area contributed by atoms with Gasteiger partial charge in [-0.05, 0) is 13.8 Å². The molecule has 0 aliphatic rings. The molecule has 0 aromatic carbocycles. The molecule has 16 heavy (non-hydrogen) atoms. The van der Waals surface area contributed by atoms with Crippen LogP contribution in [0.2, 0.25) is 0 Å². The number of hydrogen-bond donors (Lipinski definition) is 1. The van der Waals surface area contributed by atoms with Crippen LogP contribution in [-0.4, -0.2) is 56.1 Å². The van der Waals surface area contributed by atoms with Crippen molar-refractivity contribution >= 4 is 25.8 Å². The van der Waals surface area contributed by atoms with Gasteiger partial charge in [-0.2, -0.15) is 4.31 Å². The Labute approximate surface area is 95.0 Å². The Morgan fingerprint density at radius 1 is 1.25 bits per heavy atom. The minimum Gasteiger partial charge on any atom is -0.480 e. The summed E-state index contributed by atoms with van der Waals surface area (Å²) in [4.78, 5) is 10.5. The highest BCUT2D eigenvalue weighted by Gasteiger charge is 2.30. The van der Waals surface area contributed by atoms with Crippen LogP contribution < -0.4 is 0 Å². The third-order valence-electron chi connectivity index (χ3n) is 1.59. The number of aliphatic carboxylic acids is 1. The van der Waals surface area contributed by atoms with Crippen LogP contribution in [0.15, 0.2) is 0 Å². The molecule has 1 N–H and O–H groups in total. The van der Waals surface area contributed by atoms with Crippen LogP contribution in [0, 0.1) is 0 Å². The van der Waals surface area contributed by atoms with Crippen molar-refractivity contribution in [1.29, 1.82) is 0 Å². The number of carboxylic acid groups (broad SMARTS) is 1. The Kier molecular flexibility index (Phi) is 4.89. The number of sulfonamides is 1.